The minimum absolute atomic E-state index is 0.200. The highest BCUT2D eigenvalue weighted by molar-refractivity contribution is 5.96. The lowest BCUT2D eigenvalue weighted by molar-refractivity contribution is -0.137. The highest BCUT2D eigenvalue weighted by Crippen LogP contribution is 2.32. The van der Waals surface area contributed by atoms with Crippen LogP contribution in [0, 0.1) is 0 Å². The summed E-state index contributed by atoms with van der Waals surface area (Å²) in [5, 5.41) is 2.80. The van der Waals surface area contributed by atoms with Gasteiger partial charge in [-0.3, -0.25) is 14.5 Å². The molecular weight excluding hydrogens is 397 g/mol. The monoisotopic (exact) mass is 420 g/mol. The van der Waals surface area contributed by atoms with Crippen molar-refractivity contribution in [3.05, 3.63) is 59.7 Å². The SMILES string of the molecule is C[C@H](C(=O)Nc1ccc(C(N)=O)cc1)N1CCN(c2cccc(C(F)(F)F)c2)CC1. The first kappa shape index (κ1) is 21.6. The molecule has 1 heterocycles. The predicted molar refractivity (Wildman–Crippen MR) is 108 cm³/mol. The van der Waals surface area contributed by atoms with E-state index < -0.39 is 23.7 Å². The molecule has 2 amide bonds. The van der Waals surface area contributed by atoms with Gasteiger partial charge in [0.1, 0.15) is 0 Å². The van der Waals surface area contributed by atoms with Gasteiger partial charge in [-0.05, 0) is 49.4 Å². The molecule has 2 aromatic carbocycles. The molecule has 0 bridgehead atoms. The average molecular weight is 420 g/mol. The molecule has 6 nitrogen and oxygen atoms in total. The maximum atomic E-state index is 12.9. The smallest absolute Gasteiger partial charge is 0.369 e. The van der Waals surface area contributed by atoms with Gasteiger partial charge in [-0.25, -0.2) is 0 Å². The molecule has 0 aliphatic carbocycles. The van der Waals surface area contributed by atoms with Crippen LogP contribution in [0.5, 0.6) is 0 Å². The topological polar surface area (TPSA) is 78.7 Å². The van der Waals surface area contributed by atoms with Gasteiger partial charge in [-0.1, -0.05) is 6.07 Å². The van der Waals surface area contributed by atoms with Crippen LogP contribution < -0.4 is 16.0 Å². The first-order valence-corrected chi connectivity index (χ1v) is 9.52. The Kier molecular flexibility index (Phi) is 6.31. The van der Waals surface area contributed by atoms with Crippen molar-refractivity contribution >= 4 is 23.2 Å². The molecule has 0 saturated carbocycles. The maximum absolute atomic E-state index is 12.9. The molecule has 0 unspecified atom stereocenters. The van der Waals surface area contributed by atoms with Crippen LogP contribution in [-0.4, -0.2) is 48.9 Å². The van der Waals surface area contributed by atoms with Crippen molar-refractivity contribution in [2.75, 3.05) is 36.4 Å². The quantitative estimate of drug-likeness (QED) is 0.780. The number of alkyl halides is 3. The van der Waals surface area contributed by atoms with Crippen LogP contribution in [-0.2, 0) is 11.0 Å². The molecule has 1 aliphatic rings. The summed E-state index contributed by atoms with van der Waals surface area (Å²) in [7, 11) is 0. The lowest BCUT2D eigenvalue weighted by atomic mass is 10.1. The summed E-state index contributed by atoms with van der Waals surface area (Å²) in [6.07, 6.45) is -4.37. The van der Waals surface area contributed by atoms with E-state index in [0.29, 0.717) is 43.1 Å². The van der Waals surface area contributed by atoms with Gasteiger partial charge >= 0.3 is 6.18 Å². The second kappa shape index (κ2) is 8.74. The van der Waals surface area contributed by atoms with Crippen molar-refractivity contribution < 1.29 is 22.8 Å². The first-order valence-electron chi connectivity index (χ1n) is 9.52. The van der Waals surface area contributed by atoms with Crippen molar-refractivity contribution in [3.8, 4) is 0 Å². The number of nitrogens with zero attached hydrogens (tertiary/aromatic N) is 2. The molecule has 3 N–H and O–H groups in total. The van der Waals surface area contributed by atoms with E-state index in [2.05, 4.69) is 5.32 Å². The third-order valence-corrected chi connectivity index (χ3v) is 5.22. The van der Waals surface area contributed by atoms with Crippen molar-refractivity contribution in [2.24, 2.45) is 5.73 Å². The second-order valence-electron chi connectivity index (χ2n) is 7.18. The van der Waals surface area contributed by atoms with E-state index in [-0.39, 0.29) is 5.91 Å². The number of carbonyl (C=O) groups is 2. The summed E-state index contributed by atoms with van der Waals surface area (Å²) in [6.45, 7) is 3.92. The molecule has 1 fully saturated rings. The van der Waals surface area contributed by atoms with Gasteiger partial charge in [0.25, 0.3) is 0 Å². The zero-order valence-electron chi connectivity index (χ0n) is 16.4. The van der Waals surface area contributed by atoms with E-state index in [1.54, 1.807) is 25.1 Å². The molecule has 2 aromatic rings. The van der Waals surface area contributed by atoms with Gasteiger partial charge in [-0.2, -0.15) is 13.2 Å². The van der Waals surface area contributed by atoms with E-state index in [1.165, 1.54) is 18.2 Å². The Morgan fingerprint density at radius 2 is 1.67 bits per heavy atom. The zero-order valence-corrected chi connectivity index (χ0v) is 16.4. The summed E-state index contributed by atoms with van der Waals surface area (Å²) in [5.41, 5.74) is 5.96. The van der Waals surface area contributed by atoms with E-state index in [1.807, 2.05) is 9.80 Å². The average Bonchev–Trinajstić information content (AvgIpc) is 2.73. The number of anilines is 2. The molecule has 9 heteroatoms. The van der Waals surface area contributed by atoms with Gasteiger partial charge in [0.2, 0.25) is 11.8 Å². The van der Waals surface area contributed by atoms with Crippen LogP contribution in [0.3, 0.4) is 0 Å². The molecule has 160 valence electrons. The zero-order chi connectivity index (χ0) is 21.9. The van der Waals surface area contributed by atoms with Gasteiger partial charge in [0, 0.05) is 43.1 Å². The van der Waals surface area contributed by atoms with E-state index in [9.17, 15) is 22.8 Å². The number of hydrogen-bond donors (Lipinski definition) is 2. The third kappa shape index (κ3) is 5.10. The van der Waals surface area contributed by atoms with Crippen LogP contribution in [0.15, 0.2) is 48.5 Å². The Balaban J connectivity index is 1.56. The Morgan fingerprint density at radius 3 is 2.23 bits per heavy atom. The number of primary amides is 1. The molecule has 1 aliphatic heterocycles. The van der Waals surface area contributed by atoms with E-state index >= 15 is 0 Å². The Hall–Kier alpha value is -3.07. The largest absolute Gasteiger partial charge is 0.416 e. The minimum Gasteiger partial charge on any atom is -0.369 e. The second-order valence-corrected chi connectivity index (χ2v) is 7.18. The molecule has 1 atom stereocenters. The first-order chi connectivity index (χ1) is 14.1. The van der Waals surface area contributed by atoms with Crippen LogP contribution in [0.25, 0.3) is 0 Å². The van der Waals surface area contributed by atoms with Crippen molar-refractivity contribution in [1.29, 1.82) is 0 Å². The standard InChI is InChI=1S/C21H23F3N4O2/c1-14(20(30)26-17-7-5-15(6-8-17)19(25)29)27-9-11-28(12-10-27)18-4-2-3-16(13-18)21(22,23)24/h2-8,13-14H,9-12H2,1H3,(H2,25,29)(H,26,30)/t14-/m1/s1. The number of carbonyl (C=O) groups excluding carboxylic acids is 2. The van der Waals surface area contributed by atoms with Crippen molar-refractivity contribution in [3.63, 3.8) is 0 Å². The highest BCUT2D eigenvalue weighted by atomic mass is 19.4. The molecule has 3 rings (SSSR count). The van der Waals surface area contributed by atoms with E-state index in [0.717, 1.165) is 12.1 Å². The summed E-state index contributed by atoms with van der Waals surface area (Å²) in [5.74, 6) is -0.741. The number of piperazine rings is 1. The van der Waals surface area contributed by atoms with Crippen LogP contribution >= 0.6 is 0 Å². The van der Waals surface area contributed by atoms with E-state index in [4.69, 9.17) is 5.73 Å². The van der Waals surface area contributed by atoms with Gasteiger partial charge in [-0.15, -0.1) is 0 Å². The fourth-order valence-corrected chi connectivity index (χ4v) is 3.38. The predicted octanol–water partition coefficient (Wildman–Crippen LogP) is 2.95. The molecule has 0 aromatic heterocycles. The molecular formula is C21H23F3N4O2. The Morgan fingerprint density at radius 1 is 1.03 bits per heavy atom. The molecule has 1 saturated heterocycles. The number of halogens is 3. The van der Waals surface area contributed by atoms with Crippen LogP contribution in [0.4, 0.5) is 24.5 Å². The number of rotatable bonds is 5. The molecule has 0 spiro atoms. The normalized spacial score (nSPS) is 16.2. The fourth-order valence-electron chi connectivity index (χ4n) is 3.38. The summed E-state index contributed by atoms with van der Waals surface area (Å²) < 4.78 is 38.8. The van der Waals surface area contributed by atoms with Crippen molar-refractivity contribution in [1.82, 2.24) is 4.90 Å². The van der Waals surface area contributed by atoms with Crippen molar-refractivity contribution in [2.45, 2.75) is 19.1 Å². The number of benzene rings is 2. The minimum atomic E-state index is -4.37. The van der Waals surface area contributed by atoms with Crippen LogP contribution in [0.2, 0.25) is 0 Å². The van der Waals surface area contributed by atoms with Gasteiger partial charge in [0.05, 0.1) is 11.6 Å². The highest BCUT2D eigenvalue weighted by Gasteiger charge is 2.31. The maximum Gasteiger partial charge on any atom is 0.416 e. The van der Waals surface area contributed by atoms with Crippen LogP contribution in [0.1, 0.15) is 22.8 Å². The third-order valence-electron chi connectivity index (χ3n) is 5.22. The number of hydrogen-bond acceptors (Lipinski definition) is 4. The van der Waals surface area contributed by atoms with Gasteiger partial charge in [0.15, 0.2) is 0 Å². The fraction of sp³-hybridized carbons (Fsp3) is 0.333. The Labute approximate surface area is 172 Å². The summed E-state index contributed by atoms with van der Waals surface area (Å²) >= 11 is 0. The number of amides is 2. The molecule has 30 heavy (non-hydrogen) atoms. The number of nitrogens with one attached hydrogen (secondary N) is 1. The lowest BCUT2D eigenvalue weighted by Crippen LogP contribution is -2.52. The molecule has 0 radical (unpaired) electrons. The summed E-state index contributed by atoms with van der Waals surface area (Å²) in [6, 6.07) is 11.2. The number of nitrogens with two attached hydrogens (primary N) is 1. The summed E-state index contributed by atoms with van der Waals surface area (Å²) in [4.78, 5) is 27.5. The van der Waals surface area contributed by atoms with Gasteiger partial charge < -0.3 is 16.0 Å². The Bertz CT molecular complexity index is 907. The lowest BCUT2D eigenvalue weighted by Gasteiger charge is -2.38.